The van der Waals surface area contributed by atoms with Gasteiger partial charge in [-0.3, -0.25) is 4.68 Å². The minimum absolute atomic E-state index is 0.320. The first-order valence-corrected chi connectivity index (χ1v) is 9.67. The van der Waals surface area contributed by atoms with Crippen molar-refractivity contribution >= 4 is 10.0 Å². The summed E-state index contributed by atoms with van der Waals surface area (Å²) in [7, 11) is -0.0304. The van der Waals surface area contributed by atoms with Gasteiger partial charge in [-0.25, -0.2) is 8.42 Å². The van der Waals surface area contributed by atoms with Crippen molar-refractivity contribution in [2.45, 2.75) is 51.5 Å². The van der Waals surface area contributed by atoms with Gasteiger partial charge in [-0.15, -0.1) is 0 Å². The molecular weight excluding hydrogens is 322 g/mol. The highest BCUT2D eigenvalue weighted by molar-refractivity contribution is 7.89. The third-order valence-corrected chi connectivity index (χ3v) is 6.63. The molecule has 0 bridgehead atoms. The molecule has 0 fully saturated rings. The normalized spacial score (nSPS) is 13.5. The van der Waals surface area contributed by atoms with E-state index < -0.39 is 10.0 Å². The maximum absolute atomic E-state index is 12.8. The molecule has 0 radical (unpaired) electrons. The van der Waals surface area contributed by atoms with Gasteiger partial charge in [-0.1, -0.05) is 26.0 Å². The second kappa shape index (κ2) is 7.07. The fraction of sp³-hybridized carbons (Fsp3) is 0.500. The summed E-state index contributed by atoms with van der Waals surface area (Å²) >= 11 is 0. The van der Waals surface area contributed by atoms with E-state index in [2.05, 4.69) is 18.9 Å². The molecule has 0 saturated carbocycles. The molecule has 1 aromatic carbocycles. The summed E-state index contributed by atoms with van der Waals surface area (Å²) in [5.41, 5.74) is 3.98. The second-order valence-electron chi connectivity index (χ2n) is 6.41. The molecule has 24 heavy (non-hydrogen) atoms. The van der Waals surface area contributed by atoms with Gasteiger partial charge < -0.3 is 0 Å². The molecule has 0 N–H and O–H groups in total. The number of aromatic nitrogens is 2. The summed E-state index contributed by atoms with van der Waals surface area (Å²) in [6.45, 7) is 8.45. The molecule has 2 rings (SSSR count). The standard InChI is InChI=1S/C18H27N3O2S/c1-7-13(2)16-8-10-17(11-9-16)24(22,23)20(5)12-18-14(3)19-21(6)15(18)4/h8-11,13H,7,12H2,1-6H3. The van der Waals surface area contributed by atoms with Crippen LogP contribution in [0.25, 0.3) is 0 Å². The van der Waals surface area contributed by atoms with Gasteiger partial charge in [0.05, 0.1) is 10.6 Å². The van der Waals surface area contributed by atoms with Crippen molar-refractivity contribution < 1.29 is 8.42 Å². The zero-order valence-electron chi connectivity index (χ0n) is 15.4. The number of sulfonamides is 1. The molecule has 0 aliphatic heterocycles. The van der Waals surface area contributed by atoms with Crippen LogP contribution in [0.4, 0.5) is 0 Å². The third-order valence-electron chi connectivity index (χ3n) is 4.81. The smallest absolute Gasteiger partial charge is 0.243 e. The maximum Gasteiger partial charge on any atom is 0.243 e. The van der Waals surface area contributed by atoms with E-state index in [1.54, 1.807) is 23.9 Å². The van der Waals surface area contributed by atoms with Crippen LogP contribution < -0.4 is 0 Å². The van der Waals surface area contributed by atoms with Gasteiger partial charge in [-0.05, 0) is 43.9 Å². The zero-order chi connectivity index (χ0) is 18.1. The first kappa shape index (κ1) is 18.7. The molecule has 2 aromatic rings. The molecule has 1 heterocycles. The number of aryl methyl sites for hydroxylation is 2. The lowest BCUT2D eigenvalue weighted by atomic mass is 9.99. The Morgan fingerprint density at radius 3 is 2.25 bits per heavy atom. The highest BCUT2D eigenvalue weighted by Gasteiger charge is 2.23. The fourth-order valence-corrected chi connectivity index (χ4v) is 3.88. The van der Waals surface area contributed by atoms with Gasteiger partial charge in [0.25, 0.3) is 0 Å². The monoisotopic (exact) mass is 349 g/mol. The van der Waals surface area contributed by atoms with Gasteiger partial charge in [0.1, 0.15) is 0 Å². The summed E-state index contributed by atoms with van der Waals surface area (Å²) in [5, 5.41) is 4.35. The van der Waals surface area contributed by atoms with Crippen LogP contribution in [-0.2, 0) is 23.6 Å². The Morgan fingerprint density at radius 1 is 1.21 bits per heavy atom. The number of hydrogen-bond acceptors (Lipinski definition) is 3. The molecule has 132 valence electrons. The Labute approximate surface area is 145 Å². The van der Waals surface area contributed by atoms with Crippen LogP contribution in [0.5, 0.6) is 0 Å². The van der Waals surface area contributed by atoms with Crippen molar-refractivity contribution in [1.29, 1.82) is 0 Å². The van der Waals surface area contributed by atoms with E-state index in [0.29, 0.717) is 17.4 Å². The van der Waals surface area contributed by atoms with Crippen molar-refractivity contribution in [1.82, 2.24) is 14.1 Å². The Bertz CT molecular complexity index is 808. The van der Waals surface area contributed by atoms with Crippen LogP contribution in [0.1, 0.15) is 48.7 Å². The number of hydrogen-bond donors (Lipinski definition) is 0. The highest BCUT2D eigenvalue weighted by atomic mass is 32.2. The second-order valence-corrected chi connectivity index (χ2v) is 8.46. The molecule has 1 atom stereocenters. The SMILES string of the molecule is CCC(C)c1ccc(S(=O)(=O)N(C)Cc2c(C)nn(C)c2C)cc1. The van der Waals surface area contributed by atoms with Gasteiger partial charge in [-0.2, -0.15) is 9.40 Å². The molecule has 1 aromatic heterocycles. The van der Waals surface area contributed by atoms with Gasteiger partial charge >= 0.3 is 0 Å². The molecule has 0 saturated heterocycles. The Kier molecular flexibility index (Phi) is 5.50. The summed E-state index contributed by atoms with van der Waals surface area (Å²) in [5.74, 6) is 0.431. The van der Waals surface area contributed by atoms with E-state index >= 15 is 0 Å². The van der Waals surface area contributed by atoms with Crippen LogP contribution in [0, 0.1) is 13.8 Å². The van der Waals surface area contributed by atoms with Crippen molar-refractivity contribution in [3.63, 3.8) is 0 Å². The van der Waals surface area contributed by atoms with E-state index in [0.717, 1.165) is 28.9 Å². The Hall–Kier alpha value is -1.66. The lowest BCUT2D eigenvalue weighted by Gasteiger charge is -2.18. The molecule has 1 unspecified atom stereocenters. The number of nitrogens with zero attached hydrogens (tertiary/aromatic N) is 3. The summed E-state index contributed by atoms with van der Waals surface area (Å²) in [4.78, 5) is 0.330. The quantitative estimate of drug-likeness (QED) is 0.803. The minimum Gasteiger partial charge on any atom is -0.272 e. The lowest BCUT2D eigenvalue weighted by Crippen LogP contribution is -2.27. The van der Waals surface area contributed by atoms with Gasteiger partial charge in [0.2, 0.25) is 10.0 Å². The molecule has 0 aliphatic carbocycles. The first-order chi connectivity index (χ1) is 11.2. The number of rotatable bonds is 6. The van der Waals surface area contributed by atoms with E-state index in [4.69, 9.17) is 0 Å². The molecule has 0 amide bonds. The Balaban J connectivity index is 2.26. The maximum atomic E-state index is 12.8. The fourth-order valence-electron chi connectivity index (χ4n) is 2.74. The molecule has 0 spiro atoms. The van der Waals surface area contributed by atoms with Crippen molar-refractivity contribution in [3.8, 4) is 0 Å². The van der Waals surface area contributed by atoms with Gasteiger partial charge in [0.15, 0.2) is 0 Å². The van der Waals surface area contributed by atoms with Crippen LogP contribution in [0.15, 0.2) is 29.2 Å². The number of benzene rings is 1. The molecule has 0 aliphatic rings. The topological polar surface area (TPSA) is 55.2 Å². The largest absolute Gasteiger partial charge is 0.272 e. The highest BCUT2D eigenvalue weighted by Crippen LogP contribution is 2.23. The van der Waals surface area contributed by atoms with E-state index in [1.165, 1.54) is 4.31 Å². The van der Waals surface area contributed by atoms with Crippen LogP contribution in [-0.4, -0.2) is 29.6 Å². The van der Waals surface area contributed by atoms with Crippen LogP contribution in [0.2, 0.25) is 0 Å². The van der Waals surface area contributed by atoms with Crippen LogP contribution in [0.3, 0.4) is 0 Å². The van der Waals surface area contributed by atoms with E-state index in [9.17, 15) is 8.42 Å². The average Bonchev–Trinajstić information content (AvgIpc) is 2.80. The van der Waals surface area contributed by atoms with Crippen LogP contribution >= 0.6 is 0 Å². The van der Waals surface area contributed by atoms with Crippen molar-refractivity contribution in [2.24, 2.45) is 7.05 Å². The predicted molar refractivity (Wildman–Crippen MR) is 96.5 cm³/mol. The summed E-state index contributed by atoms with van der Waals surface area (Å²) < 4.78 is 28.8. The summed E-state index contributed by atoms with van der Waals surface area (Å²) in [6, 6.07) is 7.23. The van der Waals surface area contributed by atoms with Crippen molar-refractivity contribution in [2.75, 3.05) is 7.05 Å². The lowest BCUT2D eigenvalue weighted by molar-refractivity contribution is 0.465. The Morgan fingerprint density at radius 2 is 1.79 bits per heavy atom. The summed E-state index contributed by atoms with van der Waals surface area (Å²) in [6.07, 6.45) is 1.03. The van der Waals surface area contributed by atoms with Gasteiger partial charge in [0, 0.05) is 31.9 Å². The zero-order valence-corrected chi connectivity index (χ0v) is 16.2. The molecular formula is C18H27N3O2S. The first-order valence-electron chi connectivity index (χ1n) is 8.23. The molecule has 5 nitrogen and oxygen atoms in total. The average molecular weight is 350 g/mol. The minimum atomic E-state index is -3.51. The molecule has 6 heteroatoms. The van der Waals surface area contributed by atoms with E-state index in [-0.39, 0.29) is 0 Å². The third kappa shape index (κ3) is 3.54. The van der Waals surface area contributed by atoms with Crippen molar-refractivity contribution in [3.05, 3.63) is 46.8 Å². The predicted octanol–water partition coefficient (Wildman–Crippen LogP) is 3.37. The van der Waals surface area contributed by atoms with E-state index in [1.807, 2.05) is 33.0 Å².